The summed E-state index contributed by atoms with van der Waals surface area (Å²) < 4.78 is 0. The van der Waals surface area contributed by atoms with E-state index in [0.29, 0.717) is 24.8 Å². The quantitative estimate of drug-likeness (QED) is 0.705. The Morgan fingerprint density at radius 1 is 1.06 bits per heavy atom. The summed E-state index contributed by atoms with van der Waals surface area (Å²) in [5, 5.41) is 11.7. The fourth-order valence-corrected chi connectivity index (χ4v) is 5.01. The van der Waals surface area contributed by atoms with Gasteiger partial charge in [-0.2, -0.15) is 0 Å². The summed E-state index contributed by atoms with van der Waals surface area (Å²) in [6.45, 7) is 1.10. The lowest BCUT2D eigenvalue weighted by Gasteiger charge is -2.54. The second kappa shape index (κ2) is 5.30. The third-order valence-corrected chi connectivity index (χ3v) is 5.50. The van der Waals surface area contributed by atoms with Gasteiger partial charge in [0.15, 0.2) is 0 Å². The van der Waals surface area contributed by atoms with Crippen LogP contribution in [0.2, 0.25) is 0 Å². The van der Waals surface area contributed by atoms with Crippen molar-refractivity contribution < 1.29 is 9.90 Å². The number of hydrogen-bond donors (Lipinski definition) is 2. The van der Waals surface area contributed by atoms with Crippen molar-refractivity contribution in [1.29, 1.82) is 0 Å². The van der Waals surface area contributed by atoms with E-state index in [0.717, 1.165) is 30.1 Å². The number of hydrogen-bond acceptors (Lipinski definition) is 3. The van der Waals surface area contributed by atoms with Crippen LogP contribution in [0.1, 0.15) is 38.5 Å². The van der Waals surface area contributed by atoms with Gasteiger partial charge in [0.2, 0.25) is 0 Å². The highest BCUT2D eigenvalue weighted by molar-refractivity contribution is 5.80. The molecule has 0 unspecified atom stereocenters. The van der Waals surface area contributed by atoms with E-state index in [9.17, 15) is 4.79 Å². The molecule has 0 spiro atoms. The number of carbonyl (C=O) groups is 1. The molecule has 4 bridgehead atoms. The molecule has 4 aliphatic carbocycles. The molecule has 3 nitrogen and oxygen atoms in total. The van der Waals surface area contributed by atoms with Crippen molar-refractivity contribution in [3.63, 3.8) is 0 Å². The lowest BCUT2D eigenvalue weighted by atomic mass is 9.51. The minimum absolute atomic E-state index is 0.116. The summed E-state index contributed by atoms with van der Waals surface area (Å²) >= 11 is 0. The molecule has 0 aromatic carbocycles. The Kier molecular flexibility index (Phi) is 3.71. The van der Waals surface area contributed by atoms with Crippen LogP contribution in [0.3, 0.4) is 0 Å². The standard InChI is InChI=1S/C15H25NO2/c17-2-1-16-9-14(18)8-15-12-4-10-3-11(6-12)7-13(15)5-10/h10-13,15-17H,1-9H2. The minimum Gasteiger partial charge on any atom is -0.395 e. The molecule has 4 rings (SSSR count). The molecule has 4 saturated carbocycles. The molecule has 0 aromatic rings. The van der Waals surface area contributed by atoms with E-state index in [2.05, 4.69) is 5.32 Å². The Bertz CT molecular complexity index is 288. The van der Waals surface area contributed by atoms with Gasteiger partial charge in [0.25, 0.3) is 0 Å². The molecule has 0 heterocycles. The van der Waals surface area contributed by atoms with Crippen LogP contribution in [-0.4, -0.2) is 30.6 Å². The van der Waals surface area contributed by atoms with Gasteiger partial charge >= 0.3 is 0 Å². The van der Waals surface area contributed by atoms with Gasteiger partial charge in [0, 0.05) is 13.0 Å². The molecule has 0 radical (unpaired) electrons. The minimum atomic E-state index is 0.116. The van der Waals surface area contributed by atoms with Crippen molar-refractivity contribution in [2.45, 2.75) is 38.5 Å². The summed E-state index contributed by atoms with van der Waals surface area (Å²) in [5.74, 6) is 4.71. The molecule has 4 aliphatic rings. The van der Waals surface area contributed by atoms with E-state index < -0.39 is 0 Å². The number of ketones is 1. The Balaban J connectivity index is 1.52. The van der Waals surface area contributed by atoms with Crippen LogP contribution < -0.4 is 5.32 Å². The van der Waals surface area contributed by atoms with E-state index in [1.165, 1.54) is 32.1 Å². The Labute approximate surface area is 109 Å². The molecule has 0 atom stereocenters. The van der Waals surface area contributed by atoms with Gasteiger partial charge in [-0.25, -0.2) is 0 Å². The number of aliphatic hydroxyl groups is 1. The van der Waals surface area contributed by atoms with Crippen molar-refractivity contribution in [3.8, 4) is 0 Å². The van der Waals surface area contributed by atoms with E-state index in [1.807, 2.05) is 0 Å². The molecule has 0 aliphatic heterocycles. The van der Waals surface area contributed by atoms with E-state index in [4.69, 9.17) is 5.11 Å². The van der Waals surface area contributed by atoms with Gasteiger partial charge in [-0.05, 0) is 61.7 Å². The molecule has 102 valence electrons. The number of nitrogens with one attached hydrogen (secondary N) is 1. The van der Waals surface area contributed by atoms with Gasteiger partial charge in [0.05, 0.1) is 13.2 Å². The number of rotatable bonds is 6. The Morgan fingerprint density at radius 3 is 2.22 bits per heavy atom. The van der Waals surface area contributed by atoms with Crippen LogP contribution in [-0.2, 0) is 4.79 Å². The second-order valence-electron chi connectivity index (χ2n) is 6.74. The zero-order valence-electron chi connectivity index (χ0n) is 11.1. The third-order valence-electron chi connectivity index (χ3n) is 5.50. The smallest absolute Gasteiger partial charge is 0.146 e. The van der Waals surface area contributed by atoms with E-state index in [-0.39, 0.29) is 6.61 Å². The molecule has 0 amide bonds. The first kappa shape index (κ1) is 12.6. The molecule has 2 N–H and O–H groups in total. The zero-order chi connectivity index (χ0) is 12.5. The number of carbonyl (C=O) groups excluding carboxylic acids is 1. The van der Waals surface area contributed by atoms with E-state index >= 15 is 0 Å². The zero-order valence-corrected chi connectivity index (χ0v) is 11.1. The molecule has 4 fully saturated rings. The lowest BCUT2D eigenvalue weighted by molar-refractivity contribution is -0.123. The molecule has 0 aromatic heterocycles. The maximum atomic E-state index is 12.0. The maximum Gasteiger partial charge on any atom is 0.146 e. The maximum absolute atomic E-state index is 12.0. The van der Waals surface area contributed by atoms with Crippen LogP contribution in [0.25, 0.3) is 0 Å². The Hall–Kier alpha value is -0.410. The van der Waals surface area contributed by atoms with Crippen LogP contribution in [0.4, 0.5) is 0 Å². The molecule has 0 saturated heterocycles. The van der Waals surface area contributed by atoms with E-state index in [1.54, 1.807) is 0 Å². The SMILES string of the molecule is O=C(CNCCO)CC1C2CC3CC(C2)CC1C3. The van der Waals surface area contributed by atoms with Crippen LogP contribution in [0.15, 0.2) is 0 Å². The summed E-state index contributed by atoms with van der Waals surface area (Å²) in [5.41, 5.74) is 0. The van der Waals surface area contributed by atoms with Gasteiger partial charge in [-0.1, -0.05) is 0 Å². The highest BCUT2D eigenvalue weighted by Gasteiger charge is 2.48. The first-order valence-corrected chi connectivity index (χ1v) is 7.59. The van der Waals surface area contributed by atoms with Crippen molar-refractivity contribution >= 4 is 5.78 Å². The van der Waals surface area contributed by atoms with Crippen LogP contribution >= 0.6 is 0 Å². The second-order valence-corrected chi connectivity index (χ2v) is 6.74. The van der Waals surface area contributed by atoms with Crippen LogP contribution in [0.5, 0.6) is 0 Å². The first-order chi connectivity index (χ1) is 8.76. The largest absolute Gasteiger partial charge is 0.395 e. The number of Topliss-reactive ketones (excluding diaryl/α,β-unsaturated/α-hetero) is 1. The van der Waals surface area contributed by atoms with Crippen molar-refractivity contribution in [3.05, 3.63) is 0 Å². The van der Waals surface area contributed by atoms with Gasteiger partial charge in [-0.3, -0.25) is 4.79 Å². The Morgan fingerprint density at radius 2 is 1.67 bits per heavy atom. The lowest BCUT2D eigenvalue weighted by Crippen LogP contribution is -2.46. The van der Waals surface area contributed by atoms with Crippen molar-refractivity contribution in [2.75, 3.05) is 19.7 Å². The highest BCUT2D eigenvalue weighted by atomic mass is 16.3. The first-order valence-electron chi connectivity index (χ1n) is 7.59. The summed E-state index contributed by atoms with van der Waals surface area (Å²) in [6.07, 6.45) is 7.85. The topological polar surface area (TPSA) is 49.3 Å². The van der Waals surface area contributed by atoms with Gasteiger partial charge in [-0.15, -0.1) is 0 Å². The fraction of sp³-hybridized carbons (Fsp3) is 0.933. The molecule has 18 heavy (non-hydrogen) atoms. The average Bonchev–Trinajstić information content (AvgIpc) is 2.33. The third kappa shape index (κ3) is 2.48. The predicted octanol–water partition coefficient (Wildman–Crippen LogP) is 1.60. The summed E-state index contributed by atoms with van der Waals surface area (Å²) in [4.78, 5) is 12.0. The fourth-order valence-electron chi connectivity index (χ4n) is 5.01. The highest BCUT2D eigenvalue weighted by Crippen LogP contribution is 2.57. The van der Waals surface area contributed by atoms with Crippen molar-refractivity contribution in [1.82, 2.24) is 5.32 Å². The molecule has 3 heteroatoms. The molecular formula is C15H25NO2. The summed E-state index contributed by atoms with van der Waals surface area (Å²) in [6, 6.07) is 0. The van der Waals surface area contributed by atoms with Crippen LogP contribution in [0, 0.1) is 29.6 Å². The predicted molar refractivity (Wildman–Crippen MR) is 70.1 cm³/mol. The molecular weight excluding hydrogens is 226 g/mol. The normalized spacial score (nSPS) is 41.3. The number of aliphatic hydroxyl groups excluding tert-OH is 1. The van der Waals surface area contributed by atoms with Gasteiger partial charge < -0.3 is 10.4 Å². The van der Waals surface area contributed by atoms with Gasteiger partial charge in [0.1, 0.15) is 5.78 Å². The monoisotopic (exact) mass is 251 g/mol. The summed E-state index contributed by atoms with van der Waals surface area (Å²) in [7, 11) is 0. The van der Waals surface area contributed by atoms with Crippen molar-refractivity contribution in [2.24, 2.45) is 29.6 Å². The average molecular weight is 251 g/mol.